The number of nitrogens with zero attached hydrogens (tertiary/aromatic N) is 2. The summed E-state index contributed by atoms with van der Waals surface area (Å²) in [7, 11) is 0. The molecule has 0 saturated carbocycles. The minimum atomic E-state index is -1.17. The van der Waals surface area contributed by atoms with Crippen LogP contribution in [0.3, 0.4) is 0 Å². The molecule has 5 rings (SSSR count). The van der Waals surface area contributed by atoms with Crippen molar-refractivity contribution in [3.63, 3.8) is 0 Å². The van der Waals surface area contributed by atoms with Gasteiger partial charge in [0.25, 0.3) is 0 Å². The van der Waals surface area contributed by atoms with Gasteiger partial charge in [0.2, 0.25) is 0 Å². The summed E-state index contributed by atoms with van der Waals surface area (Å²) in [5.41, 5.74) is 0.137. The number of hydrogen-bond acceptors (Lipinski definition) is 10. The Morgan fingerprint density at radius 1 is 0.521 bits per heavy atom. The zero-order valence-corrected chi connectivity index (χ0v) is 25.6. The Hall–Kier alpha value is -6.49. The predicted octanol–water partition coefficient (Wildman–Crippen LogP) is 6.55. The van der Waals surface area contributed by atoms with Gasteiger partial charge < -0.3 is 24.2 Å². The van der Waals surface area contributed by atoms with E-state index in [9.17, 15) is 24.4 Å². The Kier molecular flexibility index (Phi) is 11.1. The Labute approximate surface area is 275 Å². The van der Waals surface area contributed by atoms with Crippen molar-refractivity contribution < 1.29 is 43.3 Å². The van der Waals surface area contributed by atoms with E-state index >= 15 is 0 Å². The summed E-state index contributed by atoms with van der Waals surface area (Å²) in [6, 6.07) is 34.9. The summed E-state index contributed by atoms with van der Waals surface area (Å²) in [5, 5.41) is 12.7. The van der Waals surface area contributed by atoms with Crippen LogP contribution in [-0.2, 0) is 45.4 Å². The van der Waals surface area contributed by atoms with Crippen LogP contribution in [0.25, 0.3) is 0 Å². The zero-order chi connectivity index (χ0) is 33.7. The number of aromatic nitrogens is 1. The van der Waals surface area contributed by atoms with Gasteiger partial charge in [-0.1, -0.05) is 126 Å². The first kappa shape index (κ1) is 32.9. The van der Waals surface area contributed by atoms with Gasteiger partial charge in [0.1, 0.15) is 37.6 Å². The number of carbonyl (C=O) groups excluding carboxylic acids is 4. The van der Waals surface area contributed by atoms with Gasteiger partial charge in [0.05, 0.1) is 11.9 Å². The highest BCUT2D eigenvalue weighted by Gasteiger charge is 2.39. The second-order valence-electron chi connectivity index (χ2n) is 10.3. The number of oxime groups is 1. The van der Waals surface area contributed by atoms with Crippen LogP contribution in [0.1, 0.15) is 59.2 Å². The van der Waals surface area contributed by atoms with Crippen molar-refractivity contribution in [3.05, 3.63) is 166 Å². The Morgan fingerprint density at radius 2 is 0.875 bits per heavy atom. The Morgan fingerprint density at radius 3 is 1.27 bits per heavy atom. The second kappa shape index (κ2) is 16.2. The van der Waals surface area contributed by atoms with Gasteiger partial charge in [-0.05, 0) is 22.3 Å². The van der Waals surface area contributed by atoms with Crippen LogP contribution in [-0.4, -0.2) is 40.0 Å². The standard InChI is InChI=1S/C37H30N2O9/c40-34(45-22-26-13-5-1-6-14-26)31-30(21-38-44)39(37(43)48-25-29-19-11-4-12-20-29)33(36(42)47-24-28-17-9-3-10-18-28)32(31)35(41)46-23-27-15-7-2-8-16-27/h1-21,44H,22-25H2/b38-21+. The van der Waals surface area contributed by atoms with Gasteiger partial charge in [-0.25, -0.2) is 23.7 Å². The van der Waals surface area contributed by atoms with Crippen molar-refractivity contribution >= 4 is 30.2 Å². The smallest absolute Gasteiger partial charge is 0.419 e. The molecule has 4 aromatic carbocycles. The van der Waals surface area contributed by atoms with Crippen molar-refractivity contribution in [1.82, 2.24) is 4.57 Å². The second-order valence-corrected chi connectivity index (χ2v) is 10.3. The minimum absolute atomic E-state index is 0.217. The van der Waals surface area contributed by atoms with Crippen molar-refractivity contribution in [3.8, 4) is 0 Å². The summed E-state index contributed by atoms with van der Waals surface area (Å²) in [4.78, 5) is 55.3. The monoisotopic (exact) mass is 646 g/mol. The molecule has 1 N–H and O–H groups in total. The highest BCUT2D eigenvalue weighted by Crippen LogP contribution is 2.28. The quantitative estimate of drug-likeness (QED) is 0.0525. The van der Waals surface area contributed by atoms with Gasteiger partial charge in [-0.3, -0.25) is 0 Å². The number of ether oxygens (including phenoxy) is 4. The third-order valence-corrected chi connectivity index (χ3v) is 7.02. The van der Waals surface area contributed by atoms with E-state index in [0.29, 0.717) is 26.8 Å². The van der Waals surface area contributed by atoms with Crippen LogP contribution < -0.4 is 0 Å². The average molecular weight is 647 g/mol. The molecule has 5 aromatic rings. The highest BCUT2D eigenvalue weighted by atomic mass is 16.6. The molecular formula is C37H30N2O9. The van der Waals surface area contributed by atoms with E-state index in [4.69, 9.17) is 18.9 Å². The van der Waals surface area contributed by atoms with Crippen molar-refractivity contribution in [2.75, 3.05) is 0 Å². The Bertz CT molecular complexity index is 1760. The molecule has 11 nitrogen and oxygen atoms in total. The lowest BCUT2D eigenvalue weighted by molar-refractivity contribution is 0.0403. The molecule has 0 fully saturated rings. The fourth-order valence-corrected chi connectivity index (χ4v) is 4.72. The maximum Gasteiger partial charge on any atom is 0.419 e. The van der Waals surface area contributed by atoms with Crippen molar-refractivity contribution in [1.29, 1.82) is 0 Å². The zero-order valence-electron chi connectivity index (χ0n) is 25.6. The van der Waals surface area contributed by atoms with Crippen LogP contribution in [0, 0.1) is 0 Å². The van der Waals surface area contributed by atoms with Crippen molar-refractivity contribution in [2.24, 2.45) is 5.16 Å². The molecule has 242 valence electrons. The molecule has 1 heterocycles. The van der Waals surface area contributed by atoms with Crippen molar-refractivity contribution in [2.45, 2.75) is 26.4 Å². The fraction of sp³-hybridized carbons (Fsp3) is 0.108. The molecule has 0 unspecified atom stereocenters. The number of rotatable bonds is 12. The average Bonchev–Trinajstić information content (AvgIpc) is 3.48. The number of esters is 3. The topological polar surface area (TPSA) is 143 Å². The third kappa shape index (κ3) is 8.20. The van der Waals surface area contributed by atoms with E-state index in [1.807, 2.05) is 0 Å². The van der Waals surface area contributed by atoms with Crippen LogP contribution in [0.2, 0.25) is 0 Å². The van der Waals surface area contributed by atoms with Gasteiger partial charge in [-0.15, -0.1) is 0 Å². The SMILES string of the molecule is O=C(OCc1ccccc1)c1c(C(=O)OCc2ccccc2)c(C(=O)OCc2ccccc2)n(C(=O)OCc2ccccc2)c1/C=N/O. The number of carbonyl (C=O) groups is 4. The summed E-state index contributed by atoms with van der Waals surface area (Å²) in [6.07, 6.45) is -0.440. The molecule has 0 atom stereocenters. The molecule has 11 heteroatoms. The van der Waals surface area contributed by atoms with E-state index in [2.05, 4.69) is 5.16 Å². The van der Waals surface area contributed by atoms with E-state index in [1.54, 1.807) is 121 Å². The third-order valence-electron chi connectivity index (χ3n) is 7.02. The van der Waals surface area contributed by atoms with E-state index < -0.39 is 46.5 Å². The van der Waals surface area contributed by atoms with E-state index in [-0.39, 0.29) is 26.4 Å². The lowest BCUT2D eigenvalue weighted by atomic mass is 10.1. The maximum absolute atomic E-state index is 13.9. The first-order chi connectivity index (χ1) is 23.5. The lowest BCUT2D eigenvalue weighted by Gasteiger charge is -2.12. The van der Waals surface area contributed by atoms with Crippen LogP contribution in [0.5, 0.6) is 0 Å². The number of benzene rings is 4. The summed E-state index contributed by atoms with van der Waals surface area (Å²) < 4.78 is 22.8. The predicted molar refractivity (Wildman–Crippen MR) is 173 cm³/mol. The Balaban J connectivity index is 1.61. The molecule has 48 heavy (non-hydrogen) atoms. The van der Waals surface area contributed by atoms with Gasteiger partial charge in [0, 0.05) is 0 Å². The summed E-state index contributed by atoms with van der Waals surface area (Å²) >= 11 is 0. The molecule has 0 aliphatic rings. The molecule has 1 aromatic heterocycles. The van der Waals surface area contributed by atoms with E-state index in [0.717, 1.165) is 6.21 Å². The fourth-order valence-electron chi connectivity index (χ4n) is 4.72. The number of hydrogen-bond donors (Lipinski definition) is 1. The summed E-state index contributed by atoms with van der Waals surface area (Å²) in [6.45, 7) is -0.914. The first-order valence-electron chi connectivity index (χ1n) is 14.8. The highest BCUT2D eigenvalue weighted by molar-refractivity contribution is 6.16. The van der Waals surface area contributed by atoms with Gasteiger partial charge >= 0.3 is 24.0 Å². The molecule has 0 spiro atoms. The molecular weight excluding hydrogens is 616 g/mol. The van der Waals surface area contributed by atoms with Crippen LogP contribution >= 0.6 is 0 Å². The van der Waals surface area contributed by atoms with Crippen LogP contribution in [0.4, 0.5) is 4.79 Å². The van der Waals surface area contributed by atoms with Gasteiger partial charge in [-0.2, -0.15) is 0 Å². The molecule has 0 saturated heterocycles. The lowest BCUT2D eigenvalue weighted by Crippen LogP contribution is -2.24. The first-order valence-corrected chi connectivity index (χ1v) is 14.8. The largest absolute Gasteiger partial charge is 0.457 e. The summed E-state index contributed by atoms with van der Waals surface area (Å²) in [5.74, 6) is -3.40. The molecule has 0 amide bonds. The molecule has 0 radical (unpaired) electrons. The molecule has 0 bridgehead atoms. The minimum Gasteiger partial charge on any atom is -0.457 e. The van der Waals surface area contributed by atoms with E-state index in [1.165, 1.54) is 0 Å². The maximum atomic E-state index is 13.9. The molecule has 0 aliphatic carbocycles. The normalized spacial score (nSPS) is 10.8. The van der Waals surface area contributed by atoms with Gasteiger partial charge in [0.15, 0.2) is 5.69 Å². The van der Waals surface area contributed by atoms with Crippen LogP contribution in [0.15, 0.2) is 126 Å². The molecule has 0 aliphatic heterocycles.